The molecule has 11 heteroatoms. The Morgan fingerprint density at radius 2 is 1.97 bits per heavy atom. The van der Waals surface area contributed by atoms with Crippen LogP contribution in [-0.2, 0) is 39.1 Å². The van der Waals surface area contributed by atoms with Crippen LogP contribution in [0.2, 0.25) is 0 Å². The average molecular weight is 463 g/mol. The van der Waals surface area contributed by atoms with E-state index in [9.17, 15) is 13.2 Å². The number of aryl methyl sites for hydroxylation is 3. The number of aromatic nitrogens is 3. The van der Waals surface area contributed by atoms with E-state index < -0.39 is 16.0 Å². The van der Waals surface area contributed by atoms with Gasteiger partial charge in [0.1, 0.15) is 23.8 Å². The maximum atomic E-state index is 13.0. The molecule has 1 aliphatic rings. The minimum absolute atomic E-state index is 0.0549. The molecule has 172 valence electrons. The molecule has 2 aromatic heterocycles. The van der Waals surface area contributed by atoms with Crippen LogP contribution in [0.3, 0.4) is 0 Å². The molecule has 0 spiro atoms. The van der Waals surface area contributed by atoms with Gasteiger partial charge in [-0.1, -0.05) is 12.1 Å². The first kappa shape index (κ1) is 22.4. The monoisotopic (exact) mass is 462 g/mol. The van der Waals surface area contributed by atoms with Crippen molar-refractivity contribution in [2.75, 3.05) is 26.3 Å². The van der Waals surface area contributed by atoms with Crippen LogP contribution in [0.25, 0.3) is 11.0 Å². The van der Waals surface area contributed by atoms with Crippen molar-refractivity contribution >= 4 is 27.0 Å². The summed E-state index contributed by atoms with van der Waals surface area (Å²) in [5, 5.41) is 3.88. The van der Waals surface area contributed by atoms with Crippen LogP contribution < -0.4 is 0 Å². The number of carbonyl (C=O) groups is 1. The molecule has 1 aromatic carbocycles. The molecule has 4 rings (SSSR count). The molecule has 1 saturated heterocycles. The molecule has 3 aromatic rings. The van der Waals surface area contributed by atoms with Crippen LogP contribution in [0.15, 0.2) is 27.6 Å². The van der Waals surface area contributed by atoms with E-state index in [2.05, 4.69) is 10.1 Å². The molecule has 0 atom stereocenters. The number of fused-ring (bicyclic) bond motifs is 1. The largest absolute Gasteiger partial charge is 0.454 e. The fraction of sp³-hybridized carbons (Fsp3) is 0.476. The number of sulfonamides is 1. The first-order valence-corrected chi connectivity index (χ1v) is 12.0. The fourth-order valence-corrected chi connectivity index (χ4v) is 5.27. The third kappa shape index (κ3) is 4.03. The minimum Gasteiger partial charge on any atom is -0.454 e. The highest BCUT2D eigenvalue weighted by Gasteiger charge is 2.27. The lowest BCUT2D eigenvalue weighted by Gasteiger charge is -2.26. The Balaban J connectivity index is 1.60. The number of benzene rings is 1. The van der Waals surface area contributed by atoms with E-state index in [-0.39, 0.29) is 11.5 Å². The fourth-order valence-electron chi connectivity index (χ4n) is 3.84. The van der Waals surface area contributed by atoms with Crippen molar-refractivity contribution in [2.24, 2.45) is 0 Å². The predicted molar refractivity (Wildman–Crippen MR) is 115 cm³/mol. The summed E-state index contributed by atoms with van der Waals surface area (Å²) in [6, 6.07) is 4.89. The number of nitrogens with zero attached hydrogens (tertiary/aromatic N) is 4. The van der Waals surface area contributed by atoms with Gasteiger partial charge in [0, 0.05) is 19.6 Å². The van der Waals surface area contributed by atoms with Crippen molar-refractivity contribution in [2.45, 2.75) is 45.2 Å². The maximum Gasteiger partial charge on any atom is 0.344 e. The Morgan fingerprint density at radius 3 is 2.66 bits per heavy atom. The molecule has 0 unspecified atom stereocenters. The SMILES string of the molecule is CCc1noc(C)c1C(=O)OCc1nc2cc(S(=O)(=O)N3CCOCC3)ccc2n1CC. The Morgan fingerprint density at radius 1 is 1.22 bits per heavy atom. The van der Waals surface area contributed by atoms with Crippen molar-refractivity contribution in [3.05, 3.63) is 41.0 Å². The number of esters is 1. The van der Waals surface area contributed by atoms with Gasteiger partial charge in [-0.15, -0.1) is 0 Å². The van der Waals surface area contributed by atoms with Crippen LogP contribution in [0.1, 0.15) is 41.5 Å². The molecule has 3 heterocycles. The van der Waals surface area contributed by atoms with E-state index in [0.717, 1.165) is 5.52 Å². The van der Waals surface area contributed by atoms with Crippen molar-refractivity contribution < 1.29 is 27.2 Å². The molecule has 32 heavy (non-hydrogen) atoms. The molecule has 0 saturated carbocycles. The molecule has 0 amide bonds. The normalized spacial score (nSPS) is 15.3. The first-order valence-electron chi connectivity index (χ1n) is 10.6. The van der Waals surface area contributed by atoms with E-state index in [1.807, 2.05) is 18.4 Å². The molecule has 10 nitrogen and oxygen atoms in total. The van der Waals surface area contributed by atoms with Gasteiger partial charge < -0.3 is 18.6 Å². The molecule has 0 aliphatic carbocycles. The highest BCUT2D eigenvalue weighted by atomic mass is 32.2. The Hall–Kier alpha value is -2.76. The zero-order chi connectivity index (χ0) is 22.9. The van der Waals surface area contributed by atoms with E-state index in [1.165, 1.54) is 4.31 Å². The second-order valence-corrected chi connectivity index (χ2v) is 9.37. The summed E-state index contributed by atoms with van der Waals surface area (Å²) < 4.78 is 45.1. The summed E-state index contributed by atoms with van der Waals surface area (Å²) in [6.45, 7) is 7.45. The number of carbonyl (C=O) groups excluding carboxylic acids is 1. The van der Waals surface area contributed by atoms with Gasteiger partial charge >= 0.3 is 5.97 Å². The highest BCUT2D eigenvalue weighted by Crippen LogP contribution is 2.24. The second-order valence-electron chi connectivity index (χ2n) is 7.43. The van der Waals surface area contributed by atoms with Gasteiger partial charge in [-0.3, -0.25) is 0 Å². The van der Waals surface area contributed by atoms with Gasteiger partial charge in [0.05, 0.1) is 34.8 Å². The number of ether oxygens (including phenoxy) is 2. The molecule has 0 radical (unpaired) electrons. The Labute approximate surface area is 186 Å². The zero-order valence-electron chi connectivity index (χ0n) is 18.3. The lowest BCUT2D eigenvalue weighted by atomic mass is 10.1. The number of rotatable bonds is 7. The summed E-state index contributed by atoms with van der Waals surface area (Å²) in [5.41, 5.74) is 2.19. The van der Waals surface area contributed by atoms with Gasteiger partial charge in [0.15, 0.2) is 0 Å². The zero-order valence-corrected chi connectivity index (χ0v) is 19.1. The van der Waals surface area contributed by atoms with Crippen molar-refractivity contribution in [1.29, 1.82) is 0 Å². The second kappa shape index (κ2) is 9.00. The summed E-state index contributed by atoms with van der Waals surface area (Å²) in [5.74, 6) is 0.420. The lowest BCUT2D eigenvalue weighted by Crippen LogP contribution is -2.40. The molecule has 1 aliphatic heterocycles. The number of hydrogen-bond acceptors (Lipinski definition) is 8. The smallest absolute Gasteiger partial charge is 0.344 e. The lowest BCUT2D eigenvalue weighted by molar-refractivity contribution is 0.0455. The van der Waals surface area contributed by atoms with Crippen LogP contribution in [0.4, 0.5) is 0 Å². The van der Waals surface area contributed by atoms with Gasteiger partial charge in [-0.25, -0.2) is 18.2 Å². The Kier molecular flexibility index (Phi) is 6.31. The quantitative estimate of drug-likeness (QED) is 0.491. The molecule has 0 N–H and O–H groups in total. The van der Waals surface area contributed by atoms with Crippen molar-refractivity contribution in [3.8, 4) is 0 Å². The van der Waals surface area contributed by atoms with Gasteiger partial charge in [0.25, 0.3) is 0 Å². The van der Waals surface area contributed by atoms with Crippen LogP contribution >= 0.6 is 0 Å². The van der Waals surface area contributed by atoms with E-state index in [0.29, 0.717) is 67.6 Å². The van der Waals surface area contributed by atoms with Gasteiger partial charge in [0.2, 0.25) is 10.0 Å². The number of imidazole rings is 1. The van der Waals surface area contributed by atoms with Crippen LogP contribution in [0.5, 0.6) is 0 Å². The Bertz CT molecular complexity index is 1240. The van der Waals surface area contributed by atoms with Crippen LogP contribution in [0, 0.1) is 6.92 Å². The summed E-state index contributed by atoms with van der Waals surface area (Å²) >= 11 is 0. The topological polar surface area (TPSA) is 117 Å². The average Bonchev–Trinajstić information content (AvgIpc) is 3.36. The van der Waals surface area contributed by atoms with Crippen LogP contribution in [-0.4, -0.2) is 59.7 Å². The molecule has 0 bridgehead atoms. The third-order valence-corrected chi connectivity index (χ3v) is 7.42. The molecular formula is C21H26N4O6S. The first-order chi connectivity index (χ1) is 15.4. The van der Waals surface area contributed by atoms with Gasteiger partial charge in [-0.05, 0) is 38.5 Å². The standard InChI is InChI=1S/C21H26N4O6S/c1-4-16-20(14(3)31-23-16)21(26)30-13-19-22-17-12-15(6-7-18(17)25(19)5-2)32(27,28)24-8-10-29-11-9-24/h6-7,12H,4-5,8-11,13H2,1-3H3. The van der Waals surface area contributed by atoms with Gasteiger partial charge in [-0.2, -0.15) is 4.31 Å². The van der Waals surface area contributed by atoms with E-state index in [1.54, 1.807) is 25.1 Å². The highest BCUT2D eigenvalue weighted by molar-refractivity contribution is 7.89. The predicted octanol–water partition coefficient (Wildman–Crippen LogP) is 2.29. The van der Waals surface area contributed by atoms with E-state index >= 15 is 0 Å². The van der Waals surface area contributed by atoms with E-state index in [4.69, 9.17) is 14.0 Å². The molecule has 1 fully saturated rings. The maximum absolute atomic E-state index is 13.0. The molecular weight excluding hydrogens is 436 g/mol. The third-order valence-electron chi connectivity index (χ3n) is 5.53. The van der Waals surface area contributed by atoms with Crippen molar-refractivity contribution in [1.82, 2.24) is 19.0 Å². The summed E-state index contributed by atoms with van der Waals surface area (Å²) in [4.78, 5) is 17.3. The number of hydrogen-bond donors (Lipinski definition) is 0. The summed E-state index contributed by atoms with van der Waals surface area (Å²) in [6.07, 6.45) is 0.551. The van der Waals surface area contributed by atoms with Crippen molar-refractivity contribution in [3.63, 3.8) is 0 Å². The minimum atomic E-state index is -3.63. The summed E-state index contributed by atoms with van der Waals surface area (Å²) in [7, 11) is -3.63. The number of morpholine rings is 1.